The molecule has 5 aliphatic carbocycles. The van der Waals surface area contributed by atoms with Gasteiger partial charge < -0.3 is 25.2 Å². The van der Waals surface area contributed by atoms with E-state index in [0.29, 0.717) is 28.6 Å². The summed E-state index contributed by atoms with van der Waals surface area (Å²) in [5.41, 5.74) is -0.860. The fourth-order valence-electron chi connectivity index (χ4n) is 12.0. The lowest BCUT2D eigenvalue weighted by Crippen LogP contribution is -2.59. The summed E-state index contributed by atoms with van der Waals surface area (Å²) in [5, 5.41) is 44.4. The number of rotatable bonds is 2. The summed E-state index contributed by atoms with van der Waals surface area (Å²) in [5.74, 6) is 1.64. The molecule has 0 radical (unpaired) electrons. The van der Waals surface area contributed by atoms with Gasteiger partial charge in [0.1, 0.15) is 6.10 Å². The van der Waals surface area contributed by atoms with Crippen LogP contribution in [0.5, 0.6) is 0 Å². The average molecular weight is 491 g/mol. The summed E-state index contributed by atoms with van der Waals surface area (Å²) in [6, 6.07) is 0. The molecule has 4 N–H and O–H groups in total. The van der Waals surface area contributed by atoms with E-state index >= 15 is 0 Å². The summed E-state index contributed by atoms with van der Waals surface area (Å²) in [7, 11) is 0. The summed E-state index contributed by atoms with van der Waals surface area (Å²) < 4.78 is 6.59. The third-order valence-corrected chi connectivity index (χ3v) is 13.9. The van der Waals surface area contributed by atoms with Gasteiger partial charge in [0.25, 0.3) is 0 Å². The number of fused-ring (bicyclic) bond motifs is 4. The predicted octanol–water partition coefficient (Wildman–Crippen LogP) is 4.29. The number of ether oxygens (including phenoxy) is 1. The Morgan fingerprint density at radius 2 is 1.54 bits per heavy atom. The minimum Gasteiger partial charge on any atom is -0.393 e. The molecule has 0 aromatic rings. The van der Waals surface area contributed by atoms with Crippen molar-refractivity contribution in [2.75, 3.05) is 0 Å². The fraction of sp³-hybridized carbons (Fsp3) is 1.00. The van der Waals surface area contributed by atoms with E-state index in [1.165, 1.54) is 12.8 Å². The summed E-state index contributed by atoms with van der Waals surface area (Å²) in [6.07, 6.45) is 6.23. The van der Waals surface area contributed by atoms with E-state index in [0.717, 1.165) is 38.5 Å². The summed E-state index contributed by atoms with van der Waals surface area (Å²) >= 11 is 0. The van der Waals surface area contributed by atoms with E-state index in [9.17, 15) is 20.4 Å². The topological polar surface area (TPSA) is 90.2 Å². The first-order valence-electron chi connectivity index (χ1n) is 14.5. The molecule has 0 aromatic heterocycles. The number of aliphatic hydroxyl groups is 4. The van der Waals surface area contributed by atoms with Crippen LogP contribution < -0.4 is 0 Å². The van der Waals surface area contributed by atoms with Gasteiger partial charge in [-0.15, -0.1) is 0 Å². The predicted molar refractivity (Wildman–Crippen MR) is 134 cm³/mol. The van der Waals surface area contributed by atoms with Gasteiger partial charge in [-0.1, -0.05) is 34.6 Å². The van der Waals surface area contributed by atoms with Gasteiger partial charge in [-0.3, -0.25) is 0 Å². The quantitative estimate of drug-likeness (QED) is 0.464. The Labute approximate surface area is 212 Å². The highest BCUT2D eigenvalue weighted by Crippen LogP contribution is 2.89. The van der Waals surface area contributed by atoms with Gasteiger partial charge in [0.05, 0.1) is 30.0 Å². The van der Waals surface area contributed by atoms with Gasteiger partial charge in [0.15, 0.2) is 0 Å². The van der Waals surface area contributed by atoms with Crippen LogP contribution in [-0.2, 0) is 4.74 Å². The first kappa shape index (κ1) is 25.1. The molecule has 6 aliphatic rings. The lowest BCUT2D eigenvalue weighted by molar-refractivity contribution is -0.202. The third-order valence-electron chi connectivity index (χ3n) is 13.9. The Hall–Kier alpha value is -0.200. The van der Waals surface area contributed by atoms with Crippen LogP contribution in [0.3, 0.4) is 0 Å². The van der Waals surface area contributed by atoms with Gasteiger partial charge >= 0.3 is 0 Å². The van der Waals surface area contributed by atoms with Gasteiger partial charge in [0.2, 0.25) is 0 Å². The van der Waals surface area contributed by atoms with E-state index in [4.69, 9.17) is 4.74 Å². The molecule has 1 heterocycles. The second-order valence-electron chi connectivity index (χ2n) is 15.7. The number of aliphatic hydroxyl groups excluding tert-OH is 3. The highest BCUT2D eigenvalue weighted by molar-refractivity contribution is 5.32. The van der Waals surface area contributed by atoms with Gasteiger partial charge in [0, 0.05) is 5.41 Å². The van der Waals surface area contributed by atoms with E-state index in [-0.39, 0.29) is 34.4 Å². The van der Waals surface area contributed by atoms with Gasteiger partial charge in [-0.2, -0.15) is 0 Å². The third kappa shape index (κ3) is 2.73. The molecule has 1 aliphatic heterocycles. The Morgan fingerprint density at radius 3 is 2.20 bits per heavy atom. The minimum absolute atomic E-state index is 0.00259. The molecule has 35 heavy (non-hydrogen) atoms. The molecule has 1 saturated heterocycles. The van der Waals surface area contributed by atoms with Crippen LogP contribution in [0.2, 0.25) is 0 Å². The second kappa shape index (κ2) is 7.05. The van der Waals surface area contributed by atoms with Crippen LogP contribution in [0.1, 0.15) is 99.8 Å². The first-order valence-corrected chi connectivity index (χ1v) is 14.5. The maximum atomic E-state index is 12.2. The second-order valence-corrected chi connectivity index (χ2v) is 15.7. The molecule has 5 nitrogen and oxygen atoms in total. The maximum Gasteiger partial charge on any atom is 0.108 e. The zero-order valence-corrected chi connectivity index (χ0v) is 23.1. The molecule has 1 unspecified atom stereocenters. The van der Waals surface area contributed by atoms with Crippen molar-refractivity contribution in [1.29, 1.82) is 0 Å². The van der Waals surface area contributed by atoms with E-state index < -0.39 is 23.9 Å². The number of hydrogen-bond acceptors (Lipinski definition) is 5. The van der Waals surface area contributed by atoms with Crippen molar-refractivity contribution < 1.29 is 25.2 Å². The molecule has 13 atom stereocenters. The molecule has 2 spiro atoms. The molecule has 6 rings (SSSR count). The van der Waals surface area contributed by atoms with Crippen LogP contribution >= 0.6 is 0 Å². The Morgan fingerprint density at radius 1 is 0.914 bits per heavy atom. The van der Waals surface area contributed by atoms with E-state index in [2.05, 4.69) is 34.6 Å². The average Bonchev–Trinajstić information content (AvgIpc) is 3.40. The van der Waals surface area contributed by atoms with Crippen LogP contribution in [0, 0.1) is 50.7 Å². The molecule has 0 bridgehead atoms. The van der Waals surface area contributed by atoms with Crippen molar-refractivity contribution in [1.82, 2.24) is 0 Å². The van der Waals surface area contributed by atoms with Crippen molar-refractivity contribution in [2.24, 2.45) is 50.7 Å². The Balaban J connectivity index is 1.36. The Bertz CT molecular complexity index is 896. The highest BCUT2D eigenvalue weighted by Gasteiger charge is 2.84. The largest absolute Gasteiger partial charge is 0.393 e. The van der Waals surface area contributed by atoms with Crippen LogP contribution in [0.15, 0.2) is 0 Å². The summed E-state index contributed by atoms with van der Waals surface area (Å²) in [6.45, 7) is 15.0. The van der Waals surface area contributed by atoms with E-state index in [1.807, 2.05) is 0 Å². The van der Waals surface area contributed by atoms with Crippen molar-refractivity contribution >= 4 is 0 Å². The van der Waals surface area contributed by atoms with Crippen molar-refractivity contribution in [3.05, 3.63) is 0 Å². The lowest BCUT2D eigenvalue weighted by atomic mass is 9.41. The maximum absolute atomic E-state index is 12.2. The zero-order chi connectivity index (χ0) is 25.6. The molecule has 5 heteroatoms. The molecule has 6 fully saturated rings. The SMILES string of the molecule is C[C@@H]1C[C@H]([C@@H](O)C(C)(C)O)O[C@@H]2[C@H]1[C@@]1(C)CCC34C[C@@]35CC[C@H](O)C(C)(C)[C@@H]5CC[C@H]4[C@]1(C)[C@H]2O. The summed E-state index contributed by atoms with van der Waals surface area (Å²) in [4.78, 5) is 0. The van der Waals surface area contributed by atoms with Gasteiger partial charge in [-0.25, -0.2) is 0 Å². The van der Waals surface area contributed by atoms with E-state index in [1.54, 1.807) is 13.8 Å². The standard InChI is InChI=1S/C30H50O5/c1-16-14-17(23(32)26(4,5)34)35-22-21(16)27(6)12-13-30-15-29(30)11-10-20(31)25(2,3)18(29)8-9-19(30)28(27,7)24(22)33/h16-24,31-34H,8-15H2,1-7H3/t16-,17-,18+,19+,20+,21+,22-,23-,24+,27-,28-,29-,30?/m1/s1. The number of hydrogen-bond donors (Lipinski definition) is 4. The minimum atomic E-state index is -1.23. The normalized spacial score (nSPS) is 59.4. The molecule has 200 valence electrons. The highest BCUT2D eigenvalue weighted by atomic mass is 16.5. The van der Waals surface area contributed by atoms with Crippen molar-refractivity contribution in [3.63, 3.8) is 0 Å². The van der Waals surface area contributed by atoms with Gasteiger partial charge in [-0.05, 0) is 111 Å². The van der Waals surface area contributed by atoms with Crippen LogP contribution in [-0.4, -0.2) is 56.5 Å². The zero-order valence-electron chi connectivity index (χ0n) is 23.1. The van der Waals surface area contributed by atoms with Crippen LogP contribution in [0.25, 0.3) is 0 Å². The molecule has 0 aromatic carbocycles. The first-order chi connectivity index (χ1) is 16.1. The smallest absolute Gasteiger partial charge is 0.108 e. The fourth-order valence-corrected chi connectivity index (χ4v) is 12.0. The monoisotopic (exact) mass is 490 g/mol. The molecule has 0 amide bonds. The lowest BCUT2D eigenvalue weighted by Gasteiger charge is -2.63. The molecular formula is C30H50O5. The van der Waals surface area contributed by atoms with Crippen molar-refractivity contribution in [3.8, 4) is 0 Å². The molecular weight excluding hydrogens is 440 g/mol. The van der Waals surface area contributed by atoms with Crippen LogP contribution in [0.4, 0.5) is 0 Å². The Kier molecular flexibility index (Phi) is 5.06. The van der Waals surface area contributed by atoms with Crippen molar-refractivity contribution in [2.45, 2.75) is 136 Å². The molecule has 5 saturated carbocycles.